The quantitative estimate of drug-likeness (QED) is 0.654. The number of fused-ring (bicyclic) bond motifs is 1. The monoisotopic (exact) mass is 268 g/mol. The summed E-state index contributed by atoms with van der Waals surface area (Å²) >= 11 is 6.01. The van der Waals surface area contributed by atoms with Crippen LogP contribution in [-0.2, 0) is 0 Å². The fourth-order valence-electron chi connectivity index (χ4n) is 2.07. The lowest BCUT2D eigenvalue weighted by Gasteiger charge is -2.11. The van der Waals surface area contributed by atoms with Gasteiger partial charge in [-0.3, -0.25) is 0 Å². The number of nitrogens with two attached hydrogens (primary N) is 1. The zero-order valence-electron chi connectivity index (χ0n) is 10.2. The molecule has 0 saturated carbocycles. The van der Waals surface area contributed by atoms with Gasteiger partial charge in [-0.1, -0.05) is 48.0 Å². The minimum Gasteiger partial charge on any atom is -0.396 e. The van der Waals surface area contributed by atoms with E-state index in [1.807, 2.05) is 30.3 Å². The van der Waals surface area contributed by atoms with Gasteiger partial charge in [0.25, 0.3) is 0 Å². The molecule has 3 rings (SSSR count). The number of benzene rings is 3. The number of halogens is 1. The van der Waals surface area contributed by atoms with E-state index in [0.717, 1.165) is 11.4 Å². The standard InChI is InChI=1S/C16H13ClN2/c17-14-6-3-7-15(16(14)18)19-13-9-8-11-4-1-2-5-12(11)10-13/h1-10,19H,18H2. The van der Waals surface area contributed by atoms with Gasteiger partial charge in [-0.05, 0) is 35.0 Å². The molecule has 0 bridgehead atoms. The Morgan fingerprint density at radius 2 is 1.63 bits per heavy atom. The zero-order chi connectivity index (χ0) is 13.2. The van der Waals surface area contributed by atoms with E-state index in [4.69, 9.17) is 17.3 Å². The van der Waals surface area contributed by atoms with Crippen LogP contribution in [0.3, 0.4) is 0 Å². The molecule has 0 atom stereocenters. The molecule has 3 heteroatoms. The lowest BCUT2D eigenvalue weighted by atomic mass is 10.1. The molecule has 2 nitrogen and oxygen atoms in total. The van der Waals surface area contributed by atoms with E-state index in [2.05, 4.69) is 29.6 Å². The molecule has 0 fully saturated rings. The highest BCUT2D eigenvalue weighted by molar-refractivity contribution is 6.33. The van der Waals surface area contributed by atoms with E-state index in [1.165, 1.54) is 10.8 Å². The maximum Gasteiger partial charge on any atom is 0.0742 e. The molecule has 0 saturated heterocycles. The molecule has 0 aliphatic heterocycles. The molecule has 0 aromatic heterocycles. The average Bonchev–Trinajstić information content (AvgIpc) is 2.44. The van der Waals surface area contributed by atoms with Crippen LogP contribution in [0.2, 0.25) is 5.02 Å². The highest BCUT2D eigenvalue weighted by Gasteiger charge is 2.03. The number of nitrogen functional groups attached to an aromatic ring is 1. The van der Waals surface area contributed by atoms with E-state index >= 15 is 0 Å². The summed E-state index contributed by atoms with van der Waals surface area (Å²) in [6, 6.07) is 20.0. The minimum absolute atomic E-state index is 0.561. The Bertz CT molecular complexity index is 738. The van der Waals surface area contributed by atoms with Crippen LogP contribution in [0.4, 0.5) is 17.1 Å². The fourth-order valence-corrected chi connectivity index (χ4v) is 2.24. The van der Waals surface area contributed by atoms with Crippen LogP contribution >= 0.6 is 11.6 Å². The maximum absolute atomic E-state index is 6.01. The minimum atomic E-state index is 0.561. The van der Waals surface area contributed by atoms with Crippen LogP contribution in [0.1, 0.15) is 0 Å². The Labute approximate surface area is 116 Å². The van der Waals surface area contributed by atoms with Crippen molar-refractivity contribution in [1.29, 1.82) is 0 Å². The lowest BCUT2D eigenvalue weighted by Crippen LogP contribution is -1.96. The molecule has 19 heavy (non-hydrogen) atoms. The van der Waals surface area contributed by atoms with Crippen LogP contribution in [-0.4, -0.2) is 0 Å². The van der Waals surface area contributed by atoms with Crippen molar-refractivity contribution in [3.63, 3.8) is 0 Å². The average molecular weight is 269 g/mol. The van der Waals surface area contributed by atoms with Gasteiger partial charge in [0.05, 0.1) is 16.4 Å². The summed E-state index contributed by atoms with van der Waals surface area (Å²) in [5.41, 5.74) is 8.33. The number of para-hydroxylation sites is 1. The van der Waals surface area contributed by atoms with Crippen LogP contribution in [0.25, 0.3) is 10.8 Å². The molecular formula is C16H13ClN2. The van der Waals surface area contributed by atoms with Gasteiger partial charge in [0.2, 0.25) is 0 Å². The van der Waals surface area contributed by atoms with E-state index in [-0.39, 0.29) is 0 Å². The Kier molecular flexibility index (Phi) is 3.02. The number of anilines is 3. The van der Waals surface area contributed by atoms with Gasteiger partial charge < -0.3 is 11.1 Å². The molecule has 3 aromatic carbocycles. The molecule has 94 valence electrons. The highest BCUT2D eigenvalue weighted by Crippen LogP contribution is 2.30. The summed E-state index contributed by atoms with van der Waals surface area (Å²) in [7, 11) is 0. The van der Waals surface area contributed by atoms with Gasteiger partial charge in [0, 0.05) is 5.69 Å². The van der Waals surface area contributed by atoms with Gasteiger partial charge >= 0.3 is 0 Å². The SMILES string of the molecule is Nc1c(Cl)cccc1Nc1ccc2ccccc2c1. The van der Waals surface area contributed by atoms with E-state index in [9.17, 15) is 0 Å². The molecule has 0 radical (unpaired) electrons. The number of hydrogen-bond acceptors (Lipinski definition) is 2. The first-order valence-electron chi connectivity index (χ1n) is 6.04. The molecule has 0 aliphatic rings. The van der Waals surface area contributed by atoms with Crippen molar-refractivity contribution in [2.24, 2.45) is 0 Å². The second kappa shape index (κ2) is 4.82. The molecular weight excluding hydrogens is 256 g/mol. The van der Waals surface area contributed by atoms with Gasteiger partial charge in [0.1, 0.15) is 0 Å². The summed E-state index contributed by atoms with van der Waals surface area (Å²) in [5.74, 6) is 0. The fraction of sp³-hybridized carbons (Fsp3) is 0. The maximum atomic E-state index is 6.01. The summed E-state index contributed by atoms with van der Waals surface area (Å²) in [6.07, 6.45) is 0. The van der Waals surface area contributed by atoms with E-state index in [0.29, 0.717) is 10.7 Å². The first-order chi connectivity index (χ1) is 9.24. The van der Waals surface area contributed by atoms with E-state index < -0.39 is 0 Å². The van der Waals surface area contributed by atoms with Crippen molar-refractivity contribution in [2.75, 3.05) is 11.1 Å². The van der Waals surface area contributed by atoms with Crippen molar-refractivity contribution in [2.45, 2.75) is 0 Å². The van der Waals surface area contributed by atoms with E-state index in [1.54, 1.807) is 6.07 Å². The molecule has 0 amide bonds. The molecule has 0 spiro atoms. The molecule has 0 unspecified atom stereocenters. The highest BCUT2D eigenvalue weighted by atomic mass is 35.5. The predicted molar refractivity (Wildman–Crippen MR) is 83.1 cm³/mol. The van der Waals surface area contributed by atoms with Crippen molar-refractivity contribution < 1.29 is 0 Å². The van der Waals surface area contributed by atoms with Gasteiger partial charge in [-0.25, -0.2) is 0 Å². The normalized spacial score (nSPS) is 10.6. The first-order valence-corrected chi connectivity index (χ1v) is 6.42. The summed E-state index contributed by atoms with van der Waals surface area (Å²) in [5, 5.41) is 6.26. The van der Waals surface area contributed by atoms with Crippen LogP contribution in [0.5, 0.6) is 0 Å². The van der Waals surface area contributed by atoms with Gasteiger partial charge in [-0.15, -0.1) is 0 Å². The topological polar surface area (TPSA) is 38.0 Å². The molecule has 0 heterocycles. The number of nitrogens with one attached hydrogen (secondary N) is 1. The molecule has 3 aromatic rings. The first kappa shape index (κ1) is 11.9. The third kappa shape index (κ3) is 2.35. The zero-order valence-corrected chi connectivity index (χ0v) is 11.0. The predicted octanol–water partition coefficient (Wildman–Crippen LogP) is 4.82. The smallest absolute Gasteiger partial charge is 0.0742 e. The van der Waals surface area contributed by atoms with Crippen molar-refractivity contribution in [1.82, 2.24) is 0 Å². The largest absolute Gasteiger partial charge is 0.396 e. The van der Waals surface area contributed by atoms with Crippen LogP contribution in [0, 0.1) is 0 Å². The van der Waals surface area contributed by atoms with Gasteiger partial charge in [0.15, 0.2) is 0 Å². The lowest BCUT2D eigenvalue weighted by molar-refractivity contribution is 1.56. The summed E-state index contributed by atoms with van der Waals surface area (Å²) in [6.45, 7) is 0. The third-order valence-corrected chi connectivity index (χ3v) is 3.41. The van der Waals surface area contributed by atoms with Gasteiger partial charge in [-0.2, -0.15) is 0 Å². The Balaban J connectivity index is 1.99. The van der Waals surface area contributed by atoms with Crippen molar-refractivity contribution in [3.05, 3.63) is 65.7 Å². The summed E-state index contributed by atoms with van der Waals surface area (Å²) < 4.78 is 0. The Morgan fingerprint density at radius 3 is 2.47 bits per heavy atom. The molecule has 0 aliphatic carbocycles. The number of hydrogen-bond donors (Lipinski definition) is 2. The second-order valence-corrected chi connectivity index (χ2v) is 4.80. The van der Waals surface area contributed by atoms with Crippen LogP contribution in [0.15, 0.2) is 60.7 Å². The second-order valence-electron chi connectivity index (χ2n) is 4.39. The Morgan fingerprint density at radius 1 is 0.842 bits per heavy atom. The molecule has 3 N–H and O–H groups in total. The third-order valence-electron chi connectivity index (χ3n) is 3.08. The van der Waals surface area contributed by atoms with Crippen molar-refractivity contribution in [3.8, 4) is 0 Å². The number of rotatable bonds is 2. The van der Waals surface area contributed by atoms with Crippen LogP contribution < -0.4 is 11.1 Å². The Hall–Kier alpha value is -2.19. The van der Waals surface area contributed by atoms with Crippen molar-refractivity contribution >= 4 is 39.4 Å². The summed E-state index contributed by atoms with van der Waals surface area (Å²) in [4.78, 5) is 0.